The van der Waals surface area contributed by atoms with Crippen LogP contribution in [0.15, 0.2) is 10.3 Å². The summed E-state index contributed by atoms with van der Waals surface area (Å²) in [5.74, 6) is 0. The first-order valence-corrected chi connectivity index (χ1v) is 7.54. The van der Waals surface area contributed by atoms with Crippen molar-refractivity contribution in [3.05, 3.63) is 20.5 Å². The molecule has 0 aliphatic carbocycles. The number of halogens is 1. The molecule has 1 heterocycles. The second-order valence-corrected chi connectivity index (χ2v) is 7.38. The van der Waals surface area contributed by atoms with Gasteiger partial charge in [-0.15, -0.1) is 11.3 Å². The number of sulfonamides is 1. The molecule has 0 atom stereocenters. The van der Waals surface area contributed by atoms with Crippen molar-refractivity contribution in [3.8, 4) is 0 Å². The number of rotatable bonds is 6. The van der Waals surface area contributed by atoms with E-state index < -0.39 is 20.6 Å². The Morgan fingerprint density at radius 2 is 2.22 bits per heavy atom. The Balaban J connectivity index is 3.05. The Labute approximate surface area is 113 Å². The number of hydrogen-bond donors (Lipinski definition) is 1. The van der Waals surface area contributed by atoms with Crippen LogP contribution in [0.5, 0.6) is 0 Å². The molecule has 0 amide bonds. The average Bonchev–Trinajstić information content (AvgIpc) is 2.68. The summed E-state index contributed by atoms with van der Waals surface area (Å²) < 4.78 is 24.9. The van der Waals surface area contributed by atoms with E-state index in [-0.39, 0.29) is 15.1 Å². The van der Waals surface area contributed by atoms with E-state index in [2.05, 4.69) is 0 Å². The van der Waals surface area contributed by atoms with Gasteiger partial charge < -0.3 is 5.73 Å². The normalized spacial score (nSPS) is 12.0. The van der Waals surface area contributed by atoms with E-state index in [4.69, 9.17) is 17.3 Å². The first kappa shape index (κ1) is 15.3. The van der Waals surface area contributed by atoms with Gasteiger partial charge in [0.2, 0.25) is 0 Å². The Kier molecular flexibility index (Phi) is 5.05. The molecule has 0 aromatic carbocycles. The van der Waals surface area contributed by atoms with Crippen LogP contribution in [0.2, 0.25) is 4.34 Å². The monoisotopic (exact) mass is 313 g/mol. The lowest BCUT2D eigenvalue weighted by Gasteiger charge is -2.14. The standard InChI is InChI=1S/C8H12ClN3O4S2/c1-11(4-2-3-10)18(15,16)7-5-6(12(13)14)8(9)17-7/h5H,2-4,10H2,1H3. The molecule has 0 aliphatic heterocycles. The van der Waals surface area contributed by atoms with Crippen molar-refractivity contribution < 1.29 is 13.3 Å². The Hall–Kier alpha value is -0.740. The second-order valence-electron chi connectivity index (χ2n) is 3.45. The minimum atomic E-state index is -3.74. The maximum absolute atomic E-state index is 12.0. The lowest BCUT2D eigenvalue weighted by atomic mass is 10.4. The van der Waals surface area contributed by atoms with Crippen LogP contribution < -0.4 is 5.73 Å². The molecule has 0 saturated heterocycles. The molecule has 18 heavy (non-hydrogen) atoms. The third kappa shape index (κ3) is 3.18. The van der Waals surface area contributed by atoms with E-state index in [0.29, 0.717) is 24.3 Å². The molecular weight excluding hydrogens is 302 g/mol. The summed E-state index contributed by atoms with van der Waals surface area (Å²) in [7, 11) is -2.35. The van der Waals surface area contributed by atoms with Crippen LogP contribution in [-0.2, 0) is 10.0 Å². The molecule has 1 aromatic rings. The Morgan fingerprint density at radius 1 is 1.61 bits per heavy atom. The fraction of sp³-hybridized carbons (Fsp3) is 0.500. The zero-order valence-corrected chi connectivity index (χ0v) is 11.9. The number of nitrogens with two attached hydrogens (primary N) is 1. The van der Waals surface area contributed by atoms with Crippen molar-refractivity contribution in [2.75, 3.05) is 20.1 Å². The lowest BCUT2D eigenvalue weighted by molar-refractivity contribution is -0.384. The molecule has 0 saturated carbocycles. The molecule has 102 valence electrons. The fourth-order valence-electron chi connectivity index (χ4n) is 1.18. The van der Waals surface area contributed by atoms with Gasteiger partial charge in [-0.1, -0.05) is 11.6 Å². The number of thiophene rings is 1. The first-order valence-electron chi connectivity index (χ1n) is 4.91. The lowest BCUT2D eigenvalue weighted by Crippen LogP contribution is -2.28. The van der Waals surface area contributed by atoms with Crippen molar-refractivity contribution in [2.24, 2.45) is 5.73 Å². The zero-order chi connectivity index (χ0) is 13.9. The van der Waals surface area contributed by atoms with E-state index in [1.165, 1.54) is 7.05 Å². The number of nitrogens with zero attached hydrogens (tertiary/aromatic N) is 2. The first-order chi connectivity index (χ1) is 8.30. The summed E-state index contributed by atoms with van der Waals surface area (Å²) in [5.41, 5.74) is 4.90. The molecule has 0 bridgehead atoms. The van der Waals surface area contributed by atoms with Gasteiger partial charge in [-0.05, 0) is 13.0 Å². The van der Waals surface area contributed by atoms with Gasteiger partial charge in [0.15, 0.2) is 4.34 Å². The number of nitro groups is 1. The smallest absolute Gasteiger partial charge is 0.300 e. The minimum absolute atomic E-state index is 0.140. The molecule has 0 radical (unpaired) electrons. The molecule has 7 nitrogen and oxygen atoms in total. The highest BCUT2D eigenvalue weighted by Crippen LogP contribution is 2.37. The van der Waals surface area contributed by atoms with Crippen LogP contribution in [0.25, 0.3) is 0 Å². The highest BCUT2D eigenvalue weighted by atomic mass is 35.5. The van der Waals surface area contributed by atoms with E-state index in [1.54, 1.807) is 0 Å². The zero-order valence-electron chi connectivity index (χ0n) is 9.50. The highest BCUT2D eigenvalue weighted by molar-refractivity contribution is 7.91. The van der Waals surface area contributed by atoms with Crippen molar-refractivity contribution in [1.82, 2.24) is 4.31 Å². The molecule has 0 spiro atoms. The quantitative estimate of drug-likeness (QED) is 0.629. The fourth-order valence-corrected chi connectivity index (χ4v) is 4.26. The maximum atomic E-state index is 12.0. The maximum Gasteiger partial charge on any atom is 0.300 e. The summed E-state index contributed by atoms with van der Waals surface area (Å²) >= 11 is 6.30. The van der Waals surface area contributed by atoms with Gasteiger partial charge in [-0.3, -0.25) is 10.1 Å². The average molecular weight is 314 g/mol. The van der Waals surface area contributed by atoms with Crippen LogP contribution in [0.3, 0.4) is 0 Å². The van der Waals surface area contributed by atoms with Gasteiger partial charge in [0.1, 0.15) is 4.21 Å². The number of hydrogen-bond acceptors (Lipinski definition) is 6. The van der Waals surface area contributed by atoms with E-state index >= 15 is 0 Å². The van der Waals surface area contributed by atoms with E-state index in [1.807, 2.05) is 0 Å². The van der Waals surface area contributed by atoms with Gasteiger partial charge in [0, 0.05) is 19.7 Å². The van der Waals surface area contributed by atoms with Crippen LogP contribution in [0, 0.1) is 10.1 Å². The van der Waals surface area contributed by atoms with Crippen molar-refractivity contribution in [3.63, 3.8) is 0 Å². The summed E-state index contributed by atoms with van der Waals surface area (Å²) in [4.78, 5) is 9.90. The predicted molar refractivity (Wildman–Crippen MR) is 69.5 cm³/mol. The van der Waals surface area contributed by atoms with Crippen LogP contribution in [0.4, 0.5) is 5.69 Å². The molecule has 1 aromatic heterocycles. The van der Waals surface area contributed by atoms with Gasteiger partial charge in [-0.2, -0.15) is 0 Å². The summed E-state index contributed by atoms with van der Waals surface area (Å²) in [5, 5.41) is 10.6. The molecule has 10 heteroatoms. The van der Waals surface area contributed by atoms with Crippen LogP contribution in [0.1, 0.15) is 6.42 Å². The Morgan fingerprint density at radius 3 is 2.67 bits per heavy atom. The molecule has 1 rings (SSSR count). The third-order valence-corrected chi connectivity index (χ3v) is 5.83. The van der Waals surface area contributed by atoms with E-state index in [9.17, 15) is 18.5 Å². The summed E-state index contributed by atoms with van der Waals surface area (Å²) in [6.07, 6.45) is 0.511. The topological polar surface area (TPSA) is 107 Å². The molecular formula is C8H12ClN3O4S2. The van der Waals surface area contributed by atoms with Gasteiger partial charge in [0.05, 0.1) is 4.92 Å². The largest absolute Gasteiger partial charge is 0.330 e. The third-order valence-electron chi connectivity index (χ3n) is 2.18. The van der Waals surface area contributed by atoms with Crippen molar-refractivity contribution in [2.45, 2.75) is 10.6 Å². The van der Waals surface area contributed by atoms with Crippen LogP contribution in [-0.4, -0.2) is 37.8 Å². The molecule has 0 aliphatic rings. The van der Waals surface area contributed by atoms with Crippen molar-refractivity contribution in [1.29, 1.82) is 0 Å². The van der Waals surface area contributed by atoms with Gasteiger partial charge in [-0.25, -0.2) is 12.7 Å². The van der Waals surface area contributed by atoms with Gasteiger partial charge >= 0.3 is 0 Å². The highest BCUT2D eigenvalue weighted by Gasteiger charge is 2.28. The Bertz CT molecular complexity index is 543. The van der Waals surface area contributed by atoms with Crippen molar-refractivity contribution >= 4 is 38.6 Å². The SMILES string of the molecule is CN(CCCN)S(=O)(=O)c1cc([N+](=O)[O-])c(Cl)s1. The second kappa shape index (κ2) is 5.93. The van der Waals surface area contributed by atoms with Gasteiger partial charge in [0.25, 0.3) is 15.7 Å². The molecule has 0 unspecified atom stereocenters. The van der Waals surface area contributed by atoms with E-state index in [0.717, 1.165) is 10.4 Å². The molecule has 0 fully saturated rings. The predicted octanol–water partition coefficient (Wildman–Crippen LogP) is 1.28. The molecule has 2 N–H and O–H groups in total. The minimum Gasteiger partial charge on any atom is -0.330 e. The summed E-state index contributed by atoms with van der Waals surface area (Å²) in [6.45, 7) is 0.618. The van der Waals surface area contributed by atoms with Crippen LogP contribution >= 0.6 is 22.9 Å². The summed E-state index contributed by atoms with van der Waals surface area (Å²) in [6, 6.07) is 0.973.